The summed E-state index contributed by atoms with van der Waals surface area (Å²) in [5, 5.41) is 10.2. The number of hydrogen-bond donors (Lipinski definition) is 2. The fourth-order valence-corrected chi connectivity index (χ4v) is 4.31. The van der Waals surface area contributed by atoms with Gasteiger partial charge >= 0.3 is 0 Å². The van der Waals surface area contributed by atoms with E-state index in [1.807, 2.05) is 32.3 Å². The number of carbonyl (C=O) groups excluding carboxylic acids is 1. The van der Waals surface area contributed by atoms with E-state index in [0.717, 1.165) is 17.5 Å². The lowest BCUT2D eigenvalue weighted by Crippen LogP contribution is -2.38. The number of carbonyl (C=O) groups is 1. The van der Waals surface area contributed by atoms with E-state index in [-0.39, 0.29) is 29.5 Å². The van der Waals surface area contributed by atoms with Gasteiger partial charge in [0.05, 0.1) is 0 Å². The second-order valence-electron chi connectivity index (χ2n) is 8.41. The summed E-state index contributed by atoms with van der Waals surface area (Å²) >= 11 is 6.34. The number of phenols is 1. The van der Waals surface area contributed by atoms with Crippen LogP contribution in [-0.4, -0.2) is 41.0 Å². The van der Waals surface area contributed by atoms with E-state index in [1.54, 1.807) is 24.5 Å². The molecule has 1 aliphatic rings. The lowest BCUT2D eigenvalue weighted by Gasteiger charge is -2.32. The number of pyridine rings is 1. The number of rotatable bonds is 10. The zero-order valence-corrected chi connectivity index (χ0v) is 17.8. The number of nitrogens with zero attached hydrogens (tertiary/aromatic N) is 2. The van der Waals surface area contributed by atoms with E-state index < -0.39 is 0 Å². The van der Waals surface area contributed by atoms with Crippen LogP contribution in [0, 0.1) is 11.8 Å². The molecule has 3 N–H and O–H groups in total. The van der Waals surface area contributed by atoms with Gasteiger partial charge in [0.1, 0.15) is 5.75 Å². The Morgan fingerprint density at radius 1 is 1.28 bits per heavy atom. The van der Waals surface area contributed by atoms with Crippen LogP contribution in [0.3, 0.4) is 0 Å². The third kappa shape index (κ3) is 5.94. The number of nitrogens with two attached hydrogens (primary N) is 1. The van der Waals surface area contributed by atoms with Gasteiger partial charge in [-0.3, -0.25) is 9.78 Å². The summed E-state index contributed by atoms with van der Waals surface area (Å²) in [5.41, 5.74) is 8.02. The third-order valence-electron chi connectivity index (χ3n) is 6.02. The van der Waals surface area contributed by atoms with Crippen molar-refractivity contribution in [2.75, 3.05) is 14.1 Å². The van der Waals surface area contributed by atoms with Crippen LogP contribution >= 0.6 is 11.6 Å². The molecule has 1 amide bonds. The summed E-state index contributed by atoms with van der Waals surface area (Å²) in [6, 6.07) is 9.15. The molecule has 0 bridgehead atoms. The SMILES string of the molecule is CN(C)[C@H](Cc1ccc(O)cc1Cl)CC(C(N)=O)C(CC1CC1)c1ccncc1. The van der Waals surface area contributed by atoms with E-state index >= 15 is 0 Å². The lowest BCUT2D eigenvalue weighted by molar-refractivity contribution is -0.123. The third-order valence-corrected chi connectivity index (χ3v) is 6.37. The van der Waals surface area contributed by atoms with Crippen molar-refractivity contribution < 1.29 is 9.90 Å². The summed E-state index contributed by atoms with van der Waals surface area (Å²) in [7, 11) is 4.03. The van der Waals surface area contributed by atoms with Crippen LogP contribution in [0.4, 0.5) is 0 Å². The van der Waals surface area contributed by atoms with Gasteiger partial charge in [-0.2, -0.15) is 0 Å². The first-order chi connectivity index (χ1) is 13.8. The van der Waals surface area contributed by atoms with Crippen molar-refractivity contribution in [3.8, 4) is 5.75 Å². The summed E-state index contributed by atoms with van der Waals surface area (Å²) in [5.74, 6) is 0.412. The number of benzene rings is 1. The Balaban J connectivity index is 1.84. The van der Waals surface area contributed by atoms with Crippen LogP contribution in [-0.2, 0) is 11.2 Å². The number of halogens is 1. The number of aromatic nitrogens is 1. The van der Waals surface area contributed by atoms with Crippen molar-refractivity contribution in [2.45, 2.75) is 44.1 Å². The first-order valence-corrected chi connectivity index (χ1v) is 10.6. The molecule has 3 rings (SSSR count). The molecule has 1 aromatic carbocycles. The van der Waals surface area contributed by atoms with Crippen molar-refractivity contribution in [3.63, 3.8) is 0 Å². The molecule has 156 valence electrons. The van der Waals surface area contributed by atoms with Crippen LogP contribution in [0.2, 0.25) is 5.02 Å². The van der Waals surface area contributed by atoms with Crippen molar-refractivity contribution in [1.29, 1.82) is 0 Å². The molecular weight excluding hydrogens is 386 g/mol. The molecule has 1 fully saturated rings. The highest BCUT2D eigenvalue weighted by molar-refractivity contribution is 6.31. The summed E-state index contributed by atoms with van der Waals surface area (Å²) < 4.78 is 0. The van der Waals surface area contributed by atoms with Gasteiger partial charge in [-0.05, 0) is 80.6 Å². The monoisotopic (exact) mass is 415 g/mol. The molecule has 0 spiro atoms. The normalized spacial score (nSPS) is 17.1. The molecule has 2 aromatic rings. The van der Waals surface area contributed by atoms with Gasteiger partial charge in [-0.25, -0.2) is 0 Å². The Bertz CT molecular complexity index is 824. The largest absolute Gasteiger partial charge is 0.508 e. The molecule has 1 saturated carbocycles. The molecule has 0 radical (unpaired) electrons. The Morgan fingerprint density at radius 2 is 1.97 bits per heavy atom. The number of likely N-dealkylation sites (N-methyl/N-ethyl adjacent to an activating group) is 1. The molecule has 0 aliphatic heterocycles. The predicted octanol–water partition coefficient (Wildman–Crippen LogP) is 3.99. The second-order valence-corrected chi connectivity index (χ2v) is 8.82. The molecule has 1 aliphatic carbocycles. The van der Waals surface area contributed by atoms with Crippen molar-refractivity contribution in [3.05, 3.63) is 58.9 Å². The number of amides is 1. The molecular formula is C23H30ClN3O2. The summed E-state index contributed by atoms with van der Waals surface area (Å²) in [6.45, 7) is 0. The highest BCUT2D eigenvalue weighted by Crippen LogP contribution is 2.43. The van der Waals surface area contributed by atoms with E-state index in [4.69, 9.17) is 17.3 Å². The maximum absolute atomic E-state index is 12.6. The van der Waals surface area contributed by atoms with Gasteiger partial charge in [0.15, 0.2) is 0 Å². The van der Waals surface area contributed by atoms with Gasteiger partial charge in [-0.1, -0.05) is 30.5 Å². The van der Waals surface area contributed by atoms with Crippen molar-refractivity contribution in [1.82, 2.24) is 9.88 Å². The highest BCUT2D eigenvalue weighted by Gasteiger charge is 2.35. The van der Waals surface area contributed by atoms with Gasteiger partial charge in [-0.15, -0.1) is 0 Å². The van der Waals surface area contributed by atoms with Crippen molar-refractivity contribution in [2.24, 2.45) is 17.6 Å². The standard InChI is InChI=1S/C23H30ClN3O2/c1-27(2)18(12-17-5-6-19(28)14-22(17)24)13-21(23(25)29)20(11-15-3-4-15)16-7-9-26-10-8-16/h5-10,14-15,18,20-21,28H,3-4,11-13H2,1-2H3,(H2,25,29)/t18-,20?,21?/m1/s1. The minimum Gasteiger partial charge on any atom is -0.508 e. The predicted molar refractivity (Wildman–Crippen MR) is 116 cm³/mol. The number of hydrogen-bond acceptors (Lipinski definition) is 4. The van der Waals surface area contributed by atoms with Crippen LogP contribution in [0.25, 0.3) is 0 Å². The van der Waals surface area contributed by atoms with Gasteiger partial charge in [0.2, 0.25) is 5.91 Å². The maximum atomic E-state index is 12.6. The zero-order chi connectivity index (χ0) is 21.0. The maximum Gasteiger partial charge on any atom is 0.221 e. The first-order valence-electron chi connectivity index (χ1n) is 10.2. The van der Waals surface area contributed by atoms with E-state index in [9.17, 15) is 9.90 Å². The van der Waals surface area contributed by atoms with Crippen LogP contribution in [0.15, 0.2) is 42.7 Å². The van der Waals surface area contributed by atoms with E-state index in [0.29, 0.717) is 23.8 Å². The van der Waals surface area contributed by atoms with Gasteiger partial charge < -0.3 is 15.7 Å². The highest BCUT2D eigenvalue weighted by atomic mass is 35.5. The Morgan fingerprint density at radius 3 is 2.52 bits per heavy atom. The fraction of sp³-hybridized carbons (Fsp3) is 0.478. The number of aromatic hydroxyl groups is 1. The minimum absolute atomic E-state index is 0.0954. The molecule has 0 saturated heterocycles. The summed E-state index contributed by atoms with van der Waals surface area (Å²) in [6.07, 6.45) is 8.35. The topological polar surface area (TPSA) is 79.5 Å². The molecule has 5 nitrogen and oxygen atoms in total. The summed E-state index contributed by atoms with van der Waals surface area (Å²) in [4.78, 5) is 18.8. The van der Waals surface area contributed by atoms with Crippen LogP contribution < -0.4 is 5.73 Å². The van der Waals surface area contributed by atoms with Crippen LogP contribution in [0.1, 0.15) is 42.7 Å². The Kier molecular flexibility index (Phi) is 7.14. The molecule has 3 atom stereocenters. The first kappa shape index (κ1) is 21.6. The molecule has 29 heavy (non-hydrogen) atoms. The minimum atomic E-state index is -0.263. The lowest BCUT2D eigenvalue weighted by atomic mass is 9.78. The van der Waals surface area contributed by atoms with Gasteiger partial charge in [0.25, 0.3) is 0 Å². The fourth-order valence-electron chi connectivity index (χ4n) is 4.06. The average molecular weight is 416 g/mol. The zero-order valence-electron chi connectivity index (χ0n) is 17.1. The molecule has 2 unspecified atom stereocenters. The van der Waals surface area contributed by atoms with Crippen molar-refractivity contribution >= 4 is 17.5 Å². The second kappa shape index (κ2) is 9.59. The molecule has 1 aromatic heterocycles. The Labute approximate surface area is 177 Å². The average Bonchev–Trinajstić information content (AvgIpc) is 3.49. The van der Waals surface area contributed by atoms with Gasteiger partial charge in [0, 0.05) is 29.4 Å². The number of phenolic OH excluding ortho intramolecular Hbond substituents is 1. The van der Waals surface area contributed by atoms with E-state index in [1.165, 1.54) is 12.8 Å². The molecule has 1 heterocycles. The number of primary amides is 1. The quantitative estimate of drug-likeness (QED) is 0.614. The van der Waals surface area contributed by atoms with E-state index in [2.05, 4.69) is 9.88 Å². The smallest absolute Gasteiger partial charge is 0.221 e. The van der Waals surface area contributed by atoms with Crippen LogP contribution in [0.5, 0.6) is 5.75 Å². The molecule has 6 heteroatoms. The Hall–Kier alpha value is -2.11.